The molecule has 94 valence electrons. The smallest absolute Gasteiger partial charge is 0.130 e. The number of rotatable bonds is 2. The Morgan fingerprint density at radius 2 is 1.94 bits per heavy atom. The van der Waals surface area contributed by atoms with E-state index in [0.29, 0.717) is 11.8 Å². The van der Waals surface area contributed by atoms with Crippen molar-refractivity contribution in [3.05, 3.63) is 22.2 Å². The van der Waals surface area contributed by atoms with E-state index in [-0.39, 0.29) is 0 Å². The van der Waals surface area contributed by atoms with Crippen molar-refractivity contribution < 1.29 is 0 Å². The predicted octanol–water partition coefficient (Wildman–Crippen LogP) is 4.56. The zero-order valence-corrected chi connectivity index (χ0v) is 11.8. The summed E-state index contributed by atoms with van der Waals surface area (Å²) in [5.41, 5.74) is 1.22. The van der Waals surface area contributed by atoms with E-state index in [1.54, 1.807) is 0 Å². The van der Waals surface area contributed by atoms with E-state index in [9.17, 15) is 0 Å². The Morgan fingerprint density at radius 3 is 2.53 bits per heavy atom. The van der Waals surface area contributed by atoms with Crippen LogP contribution in [0, 0.1) is 10.6 Å². The predicted molar refractivity (Wildman–Crippen MR) is 73.9 cm³/mol. The number of H-pyrrole nitrogens is 1. The van der Waals surface area contributed by atoms with Crippen LogP contribution in [0.15, 0.2) is 6.07 Å². The van der Waals surface area contributed by atoms with E-state index in [1.165, 1.54) is 31.4 Å². The highest BCUT2D eigenvalue weighted by atomic mass is 32.1. The minimum absolute atomic E-state index is 0.487. The molecule has 0 aromatic carbocycles. The van der Waals surface area contributed by atoms with Gasteiger partial charge in [0.1, 0.15) is 10.5 Å². The van der Waals surface area contributed by atoms with E-state index < -0.39 is 0 Å². The van der Waals surface area contributed by atoms with Crippen LogP contribution in [0.25, 0.3) is 0 Å². The van der Waals surface area contributed by atoms with Gasteiger partial charge >= 0.3 is 0 Å². The minimum Gasteiger partial charge on any atom is -0.347 e. The fraction of sp³-hybridized carbons (Fsp3) is 0.714. The summed E-state index contributed by atoms with van der Waals surface area (Å²) < 4.78 is 0.737. The minimum atomic E-state index is 0.487. The summed E-state index contributed by atoms with van der Waals surface area (Å²) in [6.45, 7) is 6.72. The summed E-state index contributed by atoms with van der Waals surface area (Å²) in [5, 5.41) is 0. The molecule has 1 saturated carbocycles. The molecule has 1 fully saturated rings. The number of nitrogens with zero attached hydrogens (tertiary/aromatic N) is 1. The van der Waals surface area contributed by atoms with Gasteiger partial charge in [-0.3, -0.25) is 0 Å². The monoisotopic (exact) mass is 250 g/mol. The first kappa shape index (κ1) is 12.7. The van der Waals surface area contributed by atoms with Gasteiger partial charge in [-0.25, -0.2) is 4.98 Å². The van der Waals surface area contributed by atoms with Crippen molar-refractivity contribution in [1.82, 2.24) is 9.97 Å². The Bertz CT molecular complexity index is 428. The summed E-state index contributed by atoms with van der Waals surface area (Å²) in [6, 6.07) is 1.99. The molecule has 1 heterocycles. The Morgan fingerprint density at radius 1 is 1.29 bits per heavy atom. The first-order valence-electron chi connectivity index (χ1n) is 6.67. The van der Waals surface area contributed by atoms with Crippen LogP contribution in [0.5, 0.6) is 0 Å². The van der Waals surface area contributed by atoms with Crippen molar-refractivity contribution >= 4 is 12.2 Å². The zero-order chi connectivity index (χ0) is 12.4. The van der Waals surface area contributed by atoms with Gasteiger partial charge < -0.3 is 4.98 Å². The molecule has 0 radical (unpaired) electrons. The average molecular weight is 250 g/mol. The molecule has 1 aliphatic rings. The molecule has 1 aromatic heterocycles. The number of nitrogens with one attached hydrogen (secondary N) is 1. The molecule has 0 saturated heterocycles. The SMILES string of the molecule is CC1CCC(c2nc(=S)cc(C(C)C)[nH]2)CC1. The number of aromatic nitrogens is 2. The van der Waals surface area contributed by atoms with Gasteiger partial charge in [0.2, 0.25) is 0 Å². The highest BCUT2D eigenvalue weighted by Crippen LogP contribution is 2.34. The second-order valence-electron chi connectivity index (χ2n) is 5.67. The summed E-state index contributed by atoms with van der Waals surface area (Å²) in [4.78, 5) is 8.02. The summed E-state index contributed by atoms with van der Waals surface area (Å²) in [5.74, 6) is 3.07. The van der Waals surface area contributed by atoms with Gasteiger partial charge in [-0.1, -0.05) is 45.8 Å². The maximum Gasteiger partial charge on any atom is 0.130 e. The number of hydrogen-bond donors (Lipinski definition) is 1. The van der Waals surface area contributed by atoms with Gasteiger partial charge in [0.05, 0.1) is 0 Å². The van der Waals surface area contributed by atoms with Crippen LogP contribution in [-0.2, 0) is 0 Å². The van der Waals surface area contributed by atoms with E-state index in [0.717, 1.165) is 16.4 Å². The highest BCUT2D eigenvalue weighted by Gasteiger charge is 2.21. The van der Waals surface area contributed by atoms with Gasteiger partial charge in [-0.15, -0.1) is 0 Å². The molecule has 0 spiro atoms. The van der Waals surface area contributed by atoms with Crippen LogP contribution in [0.1, 0.15) is 69.8 Å². The molecular formula is C14H22N2S. The van der Waals surface area contributed by atoms with E-state index in [4.69, 9.17) is 12.2 Å². The zero-order valence-electron chi connectivity index (χ0n) is 11.0. The van der Waals surface area contributed by atoms with E-state index in [1.807, 2.05) is 6.07 Å². The maximum atomic E-state index is 5.27. The lowest BCUT2D eigenvalue weighted by atomic mass is 9.82. The number of hydrogen-bond acceptors (Lipinski definition) is 2. The molecule has 2 nitrogen and oxygen atoms in total. The molecule has 0 aliphatic heterocycles. The second-order valence-corrected chi connectivity index (χ2v) is 6.09. The normalized spacial score (nSPS) is 25.2. The van der Waals surface area contributed by atoms with Crippen LogP contribution < -0.4 is 0 Å². The topological polar surface area (TPSA) is 28.7 Å². The molecule has 1 aromatic rings. The third kappa shape index (κ3) is 3.15. The Labute approximate surface area is 109 Å². The van der Waals surface area contributed by atoms with Crippen LogP contribution >= 0.6 is 12.2 Å². The molecule has 1 N–H and O–H groups in total. The van der Waals surface area contributed by atoms with Gasteiger partial charge in [0.15, 0.2) is 0 Å². The van der Waals surface area contributed by atoms with E-state index >= 15 is 0 Å². The quantitative estimate of drug-likeness (QED) is 0.780. The lowest BCUT2D eigenvalue weighted by molar-refractivity contribution is 0.339. The fourth-order valence-electron chi connectivity index (χ4n) is 2.53. The Hall–Kier alpha value is -0.700. The third-order valence-corrected chi connectivity index (χ3v) is 4.02. The van der Waals surface area contributed by atoms with Crippen LogP contribution in [0.3, 0.4) is 0 Å². The molecule has 0 atom stereocenters. The van der Waals surface area contributed by atoms with Crippen molar-refractivity contribution in [3.63, 3.8) is 0 Å². The molecule has 0 bridgehead atoms. The molecule has 0 unspecified atom stereocenters. The van der Waals surface area contributed by atoms with Crippen LogP contribution in [-0.4, -0.2) is 9.97 Å². The molecular weight excluding hydrogens is 228 g/mol. The summed E-state index contributed by atoms with van der Waals surface area (Å²) in [6.07, 6.45) is 5.14. The Balaban J connectivity index is 2.23. The fourth-order valence-corrected chi connectivity index (χ4v) is 2.76. The third-order valence-electron chi connectivity index (χ3n) is 3.81. The molecule has 17 heavy (non-hydrogen) atoms. The van der Waals surface area contributed by atoms with E-state index in [2.05, 4.69) is 30.7 Å². The summed E-state index contributed by atoms with van der Waals surface area (Å²) >= 11 is 5.27. The van der Waals surface area contributed by atoms with Gasteiger partial charge in [-0.05, 0) is 30.7 Å². The van der Waals surface area contributed by atoms with Crippen molar-refractivity contribution in [3.8, 4) is 0 Å². The summed E-state index contributed by atoms with van der Waals surface area (Å²) in [7, 11) is 0. The van der Waals surface area contributed by atoms with Crippen LogP contribution in [0.2, 0.25) is 0 Å². The van der Waals surface area contributed by atoms with Crippen molar-refractivity contribution in [2.24, 2.45) is 5.92 Å². The first-order chi connectivity index (χ1) is 8.06. The molecule has 1 aliphatic carbocycles. The lowest BCUT2D eigenvalue weighted by Gasteiger charge is -2.26. The maximum absolute atomic E-state index is 5.27. The molecule has 2 rings (SSSR count). The van der Waals surface area contributed by atoms with Gasteiger partial charge in [-0.2, -0.15) is 0 Å². The first-order valence-corrected chi connectivity index (χ1v) is 7.08. The van der Waals surface area contributed by atoms with Crippen molar-refractivity contribution in [1.29, 1.82) is 0 Å². The Kier molecular flexibility index (Phi) is 3.97. The van der Waals surface area contributed by atoms with Crippen molar-refractivity contribution in [2.45, 2.75) is 58.3 Å². The number of aromatic amines is 1. The average Bonchev–Trinajstić information content (AvgIpc) is 2.29. The lowest BCUT2D eigenvalue weighted by Crippen LogP contribution is -2.14. The van der Waals surface area contributed by atoms with Crippen LogP contribution in [0.4, 0.5) is 0 Å². The highest BCUT2D eigenvalue weighted by molar-refractivity contribution is 7.71. The largest absolute Gasteiger partial charge is 0.347 e. The second kappa shape index (κ2) is 5.30. The standard InChI is InChI=1S/C14H22N2S/c1-9(2)12-8-13(17)16-14(15-12)11-6-4-10(3)5-7-11/h8-11H,4-7H2,1-3H3,(H,15,16,17). The van der Waals surface area contributed by atoms with Gasteiger partial charge in [0, 0.05) is 11.6 Å². The van der Waals surface area contributed by atoms with Gasteiger partial charge in [0.25, 0.3) is 0 Å². The molecule has 3 heteroatoms. The molecule has 0 amide bonds. The van der Waals surface area contributed by atoms with Crippen molar-refractivity contribution in [2.75, 3.05) is 0 Å².